The van der Waals surface area contributed by atoms with Gasteiger partial charge in [-0.15, -0.1) is 11.3 Å². The van der Waals surface area contributed by atoms with E-state index in [1.165, 1.54) is 23.5 Å². The molecule has 2 aromatic rings. The van der Waals surface area contributed by atoms with Crippen LogP contribution < -0.4 is 4.90 Å². The summed E-state index contributed by atoms with van der Waals surface area (Å²) in [6, 6.07) is 4.71. The summed E-state index contributed by atoms with van der Waals surface area (Å²) in [6.45, 7) is 5.17. The Labute approximate surface area is 136 Å². The molecule has 0 amide bonds. The van der Waals surface area contributed by atoms with Gasteiger partial charge in [0, 0.05) is 22.5 Å². The van der Waals surface area contributed by atoms with Gasteiger partial charge in [-0.25, -0.2) is 14.2 Å². The second-order valence-corrected chi connectivity index (χ2v) is 7.43. The Morgan fingerprint density at radius 3 is 2.86 bits per heavy atom. The lowest BCUT2D eigenvalue weighted by Crippen LogP contribution is -2.42. The normalized spacial score (nSPS) is 16.5. The van der Waals surface area contributed by atoms with E-state index in [9.17, 15) is 9.18 Å². The fraction of sp³-hybridized carbons (Fsp3) is 0.333. The van der Waals surface area contributed by atoms with E-state index in [0.29, 0.717) is 13.1 Å². The van der Waals surface area contributed by atoms with Crippen LogP contribution in [0.25, 0.3) is 0 Å². The predicted molar refractivity (Wildman–Crippen MR) is 84.6 cm³/mol. The third kappa shape index (κ3) is 2.57. The highest BCUT2D eigenvalue weighted by Crippen LogP contribution is 2.38. The van der Waals surface area contributed by atoms with Crippen LogP contribution in [-0.4, -0.2) is 22.6 Å². The van der Waals surface area contributed by atoms with Gasteiger partial charge >= 0.3 is 5.97 Å². The van der Waals surface area contributed by atoms with Crippen molar-refractivity contribution in [3.05, 3.63) is 44.6 Å². The number of hydrogen-bond donors (Lipinski definition) is 1. The van der Waals surface area contributed by atoms with Crippen molar-refractivity contribution in [3.8, 4) is 0 Å². The molecule has 7 heteroatoms. The minimum atomic E-state index is -1.01. The van der Waals surface area contributed by atoms with Gasteiger partial charge in [0.05, 0.1) is 17.3 Å². The van der Waals surface area contributed by atoms with Crippen molar-refractivity contribution in [1.29, 1.82) is 0 Å². The van der Waals surface area contributed by atoms with Crippen LogP contribution in [-0.2, 0) is 12.0 Å². The summed E-state index contributed by atoms with van der Waals surface area (Å²) in [4.78, 5) is 18.3. The fourth-order valence-electron chi connectivity index (χ4n) is 2.72. The molecule has 3 rings (SSSR count). The molecule has 0 bridgehead atoms. The molecule has 0 radical (unpaired) electrons. The van der Waals surface area contributed by atoms with Gasteiger partial charge in [0.1, 0.15) is 5.82 Å². The largest absolute Gasteiger partial charge is 0.476 e. The summed E-state index contributed by atoms with van der Waals surface area (Å²) >= 11 is 6.91. The van der Waals surface area contributed by atoms with E-state index in [1.807, 2.05) is 18.7 Å². The molecule has 1 aromatic carbocycles. The molecule has 2 heterocycles. The van der Waals surface area contributed by atoms with Crippen LogP contribution in [0.4, 0.5) is 10.1 Å². The summed E-state index contributed by atoms with van der Waals surface area (Å²) < 4.78 is 13.7. The maximum Gasteiger partial charge on any atom is 0.365 e. The Bertz CT molecular complexity index is 760. The van der Waals surface area contributed by atoms with Crippen LogP contribution >= 0.6 is 22.9 Å². The van der Waals surface area contributed by atoms with E-state index in [-0.39, 0.29) is 15.4 Å². The zero-order valence-electron chi connectivity index (χ0n) is 12.1. The molecular formula is C15H14ClFN2O2S. The van der Waals surface area contributed by atoms with E-state index in [0.717, 1.165) is 16.3 Å². The minimum Gasteiger partial charge on any atom is -0.476 e. The SMILES string of the molecule is CC1(C)CN(c2ccc(Cl)c(F)c2)Cc2sc(C(=O)O)nc21. The zero-order valence-corrected chi connectivity index (χ0v) is 13.6. The van der Waals surface area contributed by atoms with E-state index in [4.69, 9.17) is 16.7 Å². The predicted octanol–water partition coefficient (Wildman–Crippen LogP) is 3.93. The number of benzene rings is 1. The summed E-state index contributed by atoms with van der Waals surface area (Å²) in [7, 11) is 0. The Hall–Kier alpha value is -1.66. The van der Waals surface area contributed by atoms with Crippen molar-refractivity contribution in [1.82, 2.24) is 4.98 Å². The molecule has 0 spiro atoms. The highest BCUT2D eigenvalue weighted by Gasteiger charge is 2.36. The molecule has 0 saturated heterocycles. The van der Waals surface area contributed by atoms with Crippen molar-refractivity contribution in [2.24, 2.45) is 0 Å². The van der Waals surface area contributed by atoms with Crippen molar-refractivity contribution in [2.75, 3.05) is 11.4 Å². The molecule has 1 aliphatic heterocycles. The molecule has 1 N–H and O–H groups in total. The number of rotatable bonds is 2. The number of aromatic carboxylic acids is 1. The smallest absolute Gasteiger partial charge is 0.365 e. The number of carboxylic acids is 1. The highest BCUT2D eigenvalue weighted by molar-refractivity contribution is 7.13. The van der Waals surface area contributed by atoms with Crippen LogP contribution in [0.1, 0.15) is 34.2 Å². The Balaban J connectivity index is 2.00. The van der Waals surface area contributed by atoms with Crippen LogP contribution in [0.15, 0.2) is 18.2 Å². The van der Waals surface area contributed by atoms with Crippen LogP contribution in [0, 0.1) is 5.82 Å². The van der Waals surface area contributed by atoms with Gasteiger partial charge in [-0.3, -0.25) is 0 Å². The summed E-state index contributed by atoms with van der Waals surface area (Å²) in [6.07, 6.45) is 0. The van der Waals surface area contributed by atoms with Gasteiger partial charge in [0.15, 0.2) is 0 Å². The molecule has 4 nitrogen and oxygen atoms in total. The summed E-state index contributed by atoms with van der Waals surface area (Å²) in [5, 5.41) is 9.31. The van der Waals surface area contributed by atoms with Crippen molar-refractivity contribution in [2.45, 2.75) is 25.8 Å². The molecule has 0 aliphatic carbocycles. The maximum atomic E-state index is 13.7. The van der Waals surface area contributed by atoms with Crippen molar-refractivity contribution < 1.29 is 14.3 Å². The minimum absolute atomic E-state index is 0.0895. The number of carbonyl (C=O) groups is 1. The number of halogens is 2. The molecule has 1 aromatic heterocycles. The quantitative estimate of drug-likeness (QED) is 0.900. The molecule has 0 fully saturated rings. The number of hydrogen-bond acceptors (Lipinski definition) is 4. The molecule has 0 atom stereocenters. The average Bonchev–Trinajstić information content (AvgIpc) is 2.86. The van der Waals surface area contributed by atoms with E-state index >= 15 is 0 Å². The Kier molecular flexibility index (Phi) is 3.61. The van der Waals surface area contributed by atoms with Gasteiger partial charge in [-0.2, -0.15) is 0 Å². The molecule has 0 unspecified atom stereocenters. The first-order valence-electron chi connectivity index (χ1n) is 6.71. The van der Waals surface area contributed by atoms with E-state index < -0.39 is 11.8 Å². The van der Waals surface area contributed by atoms with Gasteiger partial charge in [-0.1, -0.05) is 25.4 Å². The van der Waals surface area contributed by atoms with Gasteiger partial charge in [0.2, 0.25) is 5.01 Å². The maximum absolute atomic E-state index is 13.7. The Morgan fingerprint density at radius 2 is 2.23 bits per heavy atom. The second-order valence-electron chi connectivity index (χ2n) is 5.93. The molecular weight excluding hydrogens is 327 g/mol. The van der Waals surface area contributed by atoms with E-state index in [1.54, 1.807) is 6.07 Å². The fourth-order valence-corrected chi connectivity index (χ4v) is 3.94. The standard InChI is InChI=1S/C15H14ClFN2O2S/c1-15(2)7-19(8-3-4-9(16)10(17)5-8)6-11-12(15)18-13(22-11)14(20)21/h3-5H,6-7H2,1-2H3,(H,20,21). The number of aromatic nitrogens is 1. The summed E-state index contributed by atoms with van der Waals surface area (Å²) in [5.41, 5.74) is 1.24. The monoisotopic (exact) mass is 340 g/mol. The molecule has 1 aliphatic rings. The van der Waals surface area contributed by atoms with Crippen LogP contribution in [0.3, 0.4) is 0 Å². The van der Waals surface area contributed by atoms with Crippen molar-refractivity contribution >= 4 is 34.6 Å². The highest BCUT2D eigenvalue weighted by atomic mass is 35.5. The van der Waals surface area contributed by atoms with Gasteiger partial charge in [-0.05, 0) is 18.2 Å². The van der Waals surface area contributed by atoms with Gasteiger partial charge in [0.25, 0.3) is 0 Å². The number of anilines is 1. The second kappa shape index (κ2) is 5.21. The lowest BCUT2D eigenvalue weighted by molar-refractivity contribution is 0.0696. The number of carboxylic acid groups (broad SMARTS) is 1. The van der Waals surface area contributed by atoms with Crippen LogP contribution in [0.2, 0.25) is 5.02 Å². The first-order chi connectivity index (χ1) is 10.3. The molecule has 0 saturated carbocycles. The third-order valence-corrected chi connectivity index (χ3v) is 5.04. The average molecular weight is 341 g/mol. The lowest BCUT2D eigenvalue weighted by Gasteiger charge is -2.38. The molecule has 116 valence electrons. The zero-order chi connectivity index (χ0) is 16.1. The topological polar surface area (TPSA) is 53.4 Å². The van der Waals surface area contributed by atoms with Crippen LogP contribution in [0.5, 0.6) is 0 Å². The van der Waals surface area contributed by atoms with Gasteiger partial charge < -0.3 is 10.0 Å². The first kappa shape index (κ1) is 15.2. The number of fused-ring (bicyclic) bond motifs is 1. The first-order valence-corrected chi connectivity index (χ1v) is 7.91. The number of thiazole rings is 1. The number of nitrogens with zero attached hydrogens (tertiary/aromatic N) is 2. The Morgan fingerprint density at radius 1 is 1.50 bits per heavy atom. The third-order valence-electron chi connectivity index (χ3n) is 3.71. The lowest BCUT2D eigenvalue weighted by atomic mass is 9.85. The summed E-state index contributed by atoms with van der Waals surface area (Å²) in [5.74, 6) is -1.47. The van der Waals surface area contributed by atoms with Crippen molar-refractivity contribution in [3.63, 3.8) is 0 Å². The molecule has 22 heavy (non-hydrogen) atoms. The van der Waals surface area contributed by atoms with E-state index in [2.05, 4.69) is 4.98 Å².